The van der Waals surface area contributed by atoms with E-state index < -0.39 is 10.0 Å². The molecule has 1 aliphatic heterocycles. The molecule has 1 heterocycles. The van der Waals surface area contributed by atoms with Crippen LogP contribution in [0.5, 0.6) is 0 Å². The Morgan fingerprint density at radius 3 is 2.24 bits per heavy atom. The van der Waals surface area contributed by atoms with Crippen molar-refractivity contribution in [3.05, 3.63) is 29.8 Å². The fourth-order valence-electron chi connectivity index (χ4n) is 2.60. The number of nitrogens with zero attached hydrogens (tertiary/aromatic N) is 2. The average Bonchev–Trinajstić information content (AvgIpc) is 2.49. The number of benzene rings is 1. The fourth-order valence-corrected chi connectivity index (χ4v) is 4.24. The van der Waals surface area contributed by atoms with Crippen molar-refractivity contribution in [2.45, 2.75) is 24.7 Å². The Hall–Kier alpha value is -0.620. The van der Waals surface area contributed by atoms with Gasteiger partial charge in [-0.15, -0.1) is 11.6 Å². The Kier molecular flexibility index (Phi) is 6.05. The molecule has 0 aliphatic carbocycles. The van der Waals surface area contributed by atoms with Crippen LogP contribution in [-0.2, 0) is 16.4 Å². The molecule has 1 fully saturated rings. The highest BCUT2D eigenvalue weighted by molar-refractivity contribution is 7.89. The smallest absolute Gasteiger partial charge is 0.243 e. The molecule has 1 aliphatic rings. The molecule has 118 valence electrons. The molecule has 2 rings (SSSR count). The molecule has 1 aromatic rings. The van der Waals surface area contributed by atoms with Crippen molar-refractivity contribution in [3.63, 3.8) is 0 Å². The summed E-state index contributed by atoms with van der Waals surface area (Å²) in [6, 6.07) is 7.08. The maximum Gasteiger partial charge on any atom is 0.243 e. The first kappa shape index (κ1) is 16.7. The van der Waals surface area contributed by atoms with E-state index in [1.807, 2.05) is 12.1 Å². The van der Waals surface area contributed by atoms with Crippen molar-refractivity contribution >= 4 is 21.6 Å². The second-order valence-corrected chi connectivity index (χ2v) is 7.64. The molecule has 1 saturated heterocycles. The summed E-state index contributed by atoms with van der Waals surface area (Å²) in [6.07, 6.45) is 1.87. The zero-order valence-corrected chi connectivity index (χ0v) is 14.0. The van der Waals surface area contributed by atoms with Gasteiger partial charge in [-0.05, 0) is 37.1 Å². The molecule has 0 amide bonds. The van der Waals surface area contributed by atoms with E-state index in [4.69, 9.17) is 11.6 Å². The SMILES string of the molecule is CCCN1CCN(S(=O)(=O)c2ccc(CCCl)cc2)CC1. The van der Waals surface area contributed by atoms with Crippen LogP contribution < -0.4 is 0 Å². The van der Waals surface area contributed by atoms with E-state index in [1.54, 1.807) is 16.4 Å². The van der Waals surface area contributed by atoms with Gasteiger partial charge in [0, 0.05) is 32.1 Å². The Bertz CT molecular complexity index is 537. The van der Waals surface area contributed by atoms with Gasteiger partial charge in [0.1, 0.15) is 0 Å². The van der Waals surface area contributed by atoms with Gasteiger partial charge in [0.05, 0.1) is 4.90 Å². The van der Waals surface area contributed by atoms with Crippen LogP contribution in [0.25, 0.3) is 0 Å². The van der Waals surface area contributed by atoms with Gasteiger partial charge in [-0.25, -0.2) is 8.42 Å². The topological polar surface area (TPSA) is 40.6 Å². The molecular formula is C15H23ClN2O2S. The summed E-state index contributed by atoms with van der Waals surface area (Å²) < 4.78 is 26.8. The predicted molar refractivity (Wildman–Crippen MR) is 86.4 cm³/mol. The van der Waals surface area contributed by atoms with Crippen LogP contribution in [0.4, 0.5) is 0 Å². The number of sulfonamides is 1. The monoisotopic (exact) mass is 330 g/mol. The molecule has 0 radical (unpaired) electrons. The van der Waals surface area contributed by atoms with E-state index in [9.17, 15) is 8.42 Å². The second kappa shape index (κ2) is 7.58. The van der Waals surface area contributed by atoms with Crippen LogP contribution in [0.3, 0.4) is 0 Å². The lowest BCUT2D eigenvalue weighted by Crippen LogP contribution is -2.48. The first-order valence-corrected chi connectivity index (χ1v) is 9.43. The molecular weight excluding hydrogens is 308 g/mol. The minimum absolute atomic E-state index is 0.379. The zero-order chi connectivity index (χ0) is 15.3. The van der Waals surface area contributed by atoms with Crippen LogP contribution >= 0.6 is 11.6 Å². The second-order valence-electron chi connectivity index (χ2n) is 5.33. The summed E-state index contributed by atoms with van der Waals surface area (Å²) in [5.74, 6) is 0.547. The molecule has 6 heteroatoms. The minimum Gasteiger partial charge on any atom is -0.301 e. The van der Waals surface area contributed by atoms with Crippen molar-refractivity contribution in [2.75, 3.05) is 38.6 Å². The summed E-state index contributed by atoms with van der Waals surface area (Å²) >= 11 is 5.70. The summed E-state index contributed by atoms with van der Waals surface area (Å²) in [4.78, 5) is 2.69. The van der Waals surface area contributed by atoms with Gasteiger partial charge in [0.25, 0.3) is 0 Å². The zero-order valence-electron chi connectivity index (χ0n) is 12.5. The Morgan fingerprint density at radius 1 is 1.10 bits per heavy atom. The van der Waals surface area contributed by atoms with Gasteiger partial charge < -0.3 is 4.90 Å². The molecule has 0 spiro atoms. The van der Waals surface area contributed by atoms with E-state index in [0.717, 1.165) is 38.0 Å². The van der Waals surface area contributed by atoms with E-state index in [-0.39, 0.29) is 0 Å². The maximum atomic E-state index is 12.6. The third-order valence-electron chi connectivity index (χ3n) is 3.82. The summed E-state index contributed by atoms with van der Waals surface area (Å²) in [6.45, 7) is 5.97. The van der Waals surface area contributed by atoms with Crippen LogP contribution in [-0.4, -0.2) is 56.2 Å². The van der Waals surface area contributed by atoms with E-state index in [2.05, 4.69) is 11.8 Å². The number of piperazine rings is 1. The molecule has 0 saturated carbocycles. The first-order valence-electron chi connectivity index (χ1n) is 7.45. The lowest BCUT2D eigenvalue weighted by molar-refractivity contribution is 0.188. The first-order chi connectivity index (χ1) is 10.1. The number of rotatable bonds is 6. The molecule has 4 nitrogen and oxygen atoms in total. The van der Waals surface area contributed by atoms with E-state index in [1.165, 1.54) is 0 Å². The third kappa shape index (κ3) is 4.19. The maximum absolute atomic E-state index is 12.6. The highest BCUT2D eigenvalue weighted by atomic mass is 35.5. The van der Waals surface area contributed by atoms with Crippen molar-refractivity contribution in [1.29, 1.82) is 0 Å². The van der Waals surface area contributed by atoms with Crippen LogP contribution in [0.2, 0.25) is 0 Å². The van der Waals surface area contributed by atoms with Crippen molar-refractivity contribution in [3.8, 4) is 0 Å². The standard InChI is InChI=1S/C15H23ClN2O2S/c1-2-9-17-10-12-18(13-11-17)21(19,20)15-5-3-14(4-6-15)7-8-16/h3-6H,2,7-13H2,1H3. The molecule has 0 aromatic heterocycles. The van der Waals surface area contributed by atoms with Gasteiger partial charge in [-0.2, -0.15) is 4.31 Å². The van der Waals surface area contributed by atoms with Crippen LogP contribution in [0, 0.1) is 0 Å². The molecule has 1 aromatic carbocycles. The fraction of sp³-hybridized carbons (Fsp3) is 0.600. The summed E-state index contributed by atoms with van der Waals surface area (Å²) in [5, 5.41) is 0. The lowest BCUT2D eigenvalue weighted by atomic mass is 10.2. The number of alkyl halides is 1. The van der Waals surface area contributed by atoms with Crippen molar-refractivity contribution in [1.82, 2.24) is 9.21 Å². The highest BCUT2D eigenvalue weighted by Crippen LogP contribution is 2.18. The molecule has 0 atom stereocenters. The normalized spacial score (nSPS) is 18.0. The van der Waals surface area contributed by atoms with Crippen molar-refractivity contribution in [2.24, 2.45) is 0 Å². The van der Waals surface area contributed by atoms with Gasteiger partial charge >= 0.3 is 0 Å². The molecule has 0 N–H and O–H groups in total. The Labute approximate surface area is 132 Å². The molecule has 0 bridgehead atoms. The van der Waals surface area contributed by atoms with Gasteiger partial charge in [0.15, 0.2) is 0 Å². The third-order valence-corrected chi connectivity index (χ3v) is 5.92. The summed E-state index contributed by atoms with van der Waals surface area (Å²) in [5.41, 5.74) is 1.07. The number of aryl methyl sites for hydroxylation is 1. The Morgan fingerprint density at radius 2 is 1.71 bits per heavy atom. The minimum atomic E-state index is -3.36. The summed E-state index contributed by atoms with van der Waals surface area (Å²) in [7, 11) is -3.36. The van der Waals surface area contributed by atoms with Gasteiger partial charge in [0.2, 0.25) is 10.0 Å². The number of hydrogen-bond acceptors (Lipinski definition) is 3. The molecule has 0 unspecified atom stereocenters. The van der Waals surface area contributed by atoms with E-state index >= 15 is 0 Å². The van der Waals surface area contributed by atoms with E-state index in [0.29, 0.717) is 23.9 Å². The van der Waals surface area contributed by atoms with Crippen LogP contribution in [0.15, 0.2) is 29.2 Å². The van der Waals surface area contributed by atoms with Crippen molar-refractivity contribution < 1.29 is 8.42 Å². The number of halogens is 1. The van der Waals surface area contributed by atoms with Gasteiger partial charge in [-0.3, -0.25) is 0 Å². The quantitative estimate of drug-likeness (QED) is 0.751. The van der Waals surface area contributed by atoms with Crippen LogP contribution in [0.1, 0.15) is 18.9 Å². The highest BCUT2D eigenvalue weighted by Gasteiger charge is 2.27. The average molecular weight is 331 g/mol. The largest absolute Gasteiger partial charge is 0.301 e. The predicted octanol–water partition coefficient (Wildman–Crippen LogP) is 2.18. The lowest BCUT2D eigenvalue weighted by Gasteiger charge is -2.33. The van der Waals surface area contributed by atoms with Gasteiger partial charge in [-0.1, -0.05) is 19.1 Å². The molecule has 21 heavy (non-hydrogen) atoms. The Balaban J connectivity index is 2.04. The number of hydrogen-bond donors (Lipinski definition) is 0.